The molecule has 0 radical (unpaired) electrons. The van der Waals surface area contributed by atoms with Gasteiger partial charge in [0.15, 0.2) is 0 Å². The summed E-state index contributed by atoms with van der Waals surface area (Å²) in [4.78, 5) is 31.1. The molecule has 1 aromatic heterocycles. The summed E-state index contributed by atoms with van der Waals surface area (Å²) in [7, 11) is 1.73. The molecule has 0 saturated carbocycles. The Bertz CT molecular complexity index is 979. The molecule has 0 aliphatic heterocycles. The van der Waals surface area contributed by atoms with E-state index in [9.17, 15) is 9.59 Å². The molecular formula is C23H23N3O2. The van der Waals surface area contributed by atoms with Gasteiger partial charge in [-0.2, -0.15) is 0 Å². The number of para-hydroxylation sites is 1. The number of rotatable bonds is 5. The highest BCUT2D eigenvalue weighted by atomic mass is 16.2. The van der Waals surface area contributed by atoms with Crippen LogP contribution in [0.2, 0.25) is 0 Å². The molecule has 5 heteroatoms. The molecule has 2 aromatic carbocycles. The Morgan fingerprint density at radius 3 is 2.25 bits per heavy atom. The van der Waals surface area contributed by atoms with E-state index in [1.54, 1.807) is 18.0 Å². The molecule has 0 bridgehead atoms. The van der Waals surface area contributed by atoms with Crippen LogP contribution in [0.25, 0.3) is 0 Å². The van der Waals surface area contributed by atoms with Crippen molar-refractivity contribution < 1.29 is 9.59 Å². The van der Waals surface area contributed by atoms with Gasteiger partial charge in [-0.1, -0.05) is 48.5 Å². The standard InChI is InChI=1S/C23H23N3O2/c1-16-8-7-9-17(2)21(16)25-22(27)19-12-20(14-24-13-19)23(28)26(3)15-18-10-5-4-6-11-18/h4-14H,15H2,1-3H3,(H,25,27). The monoisotopic (exact) mass is 373 g/mol. The number of pyridine rings is 1. The summed E-state index contributed by atoms with van der Waals surface area (Å²) in [5.74, 6) is -0.469. The third-order valence-corrected chi connectivity index (χ3v) is 4.58. The maximum Gasteiger partial charge on any atom is 0.257 e. The molecule has 0 saturated heterocycles. The largest absolute Gasteiger partial charge is 0.337 e. The Morgan fingerprint density at radius 1 is 0.929 bits per heavy atom. The van der Waals surface area contributed by atoms with E-state index in [0.29, 0.717) is 17.7 Å². The zero-order chi connectivity index (χ0) is 20.1. The smallest absolute Gasteiger partial charge is 0.257 e. The van der Waals surface area contributed by atoms with Crippen molar-refractivity contribution in [2.24, 2.45) is 0 Å². The second kappa shape index (κ2) is 8.48. The van der Waals surface area contributed by atoms with Crippen molar-refractivity contribution in [3.05, 3.63) is 94.8 Å². The molecule has 1 heterocycles. The molecule has 0 aliphatic carbocycles. The van der Waals surface area contributed by atoms with E-state index in [2.05, 4.69) is 10.3 Å². The van der Waals surface area contributed by atoms with Gasteiger partial charge in [0.25, 0.3) is 11.8 Å². The van der Waals surface area contributed by atoms with Crippen molar-refractivity contribution >= 4 is 17.5 Å². The first-order valence-electron chi connectivity index (χ1n) is 9.07. The zero-order valence-electron chi connectivity index (χ0n) is 16.3. The first kappa shape index (κ1) is 19.3. The van der Waals surface area contributed by atoms with Crippen LogP contribution in [-0.2, 0) is 6.54 Å². The number of carbonyl (C=O) groups is 2. The minimum absolute atomic E-state index is 0.182. The highest BCUT2D eigenvalue weighted by molar-refractivity contribution is 6.06. The van der Waals surface area contributed by atoms with Crippen LogP contribution in [0.5, 0.6) is 0 Å². The predicted molar refractivity (Wildman–Crippen MR) is 110 cm³/mol. The lowest BCUT2D eigenvalue weighted by Gasteiger charge is -2.17. The lowest BCUT2D eigenvalue weighted by Crippen LogP contribution is -2.26. The number of anilines is 1. The van der Waals surface area contributed by atoms with Crippen LogP contribution in [0.4, 0.5) is 5.69 Å². The summed E-state index contributed by atoms with van der Waals surface area (Å²) in [5.41, 5.74) is 4.52. The molecule has 3 rings (SSSR count). The molecule has 28 heavy (non-hydrogen) atoms. The molecule has 0 aliphatic rings. The van der Waals surface area contributed by atoms with Gasteiger partial charge in [0.2, 0.25) is 0 Å². The number of carbonyl (C=O) groups excluding carboxylic acids is 2. The number of hydrogen-bond donors (Lipinski definition) is 1. The number of aryl methyl sites for hydroxylation is 2. The molecule has 5 nitrogen and oxygen atoms in total. The van der Waals surface area contributed by atoms with Crippen LogP contribution >= 0.6 is 0 Å². The van der Waals surface area contributed by atoms with Crippen molar-refractivity contribution in [1.29, 1.82) is 0 Å². The summed E-state index contributed by atoms with van der Waals surface area (Å²) in [6, 6.07) is 17.2. The van der Waals surface area contributed by atoms with Gasteiger partial charge in [0.1, 0.15) is 0 Å². The Morgan fingerprint density at radius 2 is 1.57 bits per heavy atom. The number of nitrogens with zero attached hydrogens (tertiary/aromatic N) is 2. The summed E-state index contributed by atoms with van der Waals surface area (Å²) in [6.07, 6.45) is 2.95. The summed E-state index contributed by atoms with van der Waals surface area (Å²) < 4.78 is 0. The topological polar surface area (TPSA) is 62.3 Å². The molecule has 1 N–H and O–H groups in total. The first-order valence-corrected chi connectivity index (χ1v) is 9.07. The van der Waals surface area contributed by atoms with Gasteiger partial charge >= 0.3 is 0 Å². The lowest BCUT2D eigenvalue weighted by atomic mass is 10.1. The van der Waals surface area contributed by atoms with Gasteiger partial charge in [0.05, 0.1) is 11.1 Å². The molecule has 0 spiro atoms. The third kappa shape index (κ3) is 4.43. The number of nitrogens with one attached hydrogen (secondary N) is 1. The number of hydrogen-bond acceptors (Lipinski definition) is 3. The summed E-state index contributed by atoms with van der Waals surface area (Å²) in [5, 5.41) is 2.93. The van der Waals surface area contributed by atoms with Crippen LogP contribution in [0.1, 0.15) is 37.4 Å². The normalized spacial score (nSPS) is 10.4. The van der Waals surface area contributed by atoms with Crippen molar-refractivity contribution in [1.82, 2.24) is 9.88 Å². The molecule has 0 fully saturated rings. The molecule has 142 valence electrons. The zero-order valence-corrected chi connectivity index (χ0v) is 16.3. The van der Waals surface area contributed by atoms with Gasteiger partial charge in [-0.05, 0) is 36.6 Å². The molecule has 2 amide bonds. The van der Waals surface area contributed by atoms with E-state index in [1.165, 1.54) is 12.4 Å². The average Bonchev–Trinajstić information content (AvgIpc) is 2.71. The summed E-state index contributed by atoms with van der Waals surface area (Å²) >= 11 is 0. The van der Waals surface area contributed by atoms with Gasteiger partial charge in [-0.15, -0.1) is 0 Å². The molecule has 3 aromatic rings. The van der Waals surface area contributed by atoms with Crippen LogP contribution in [-0.4, -0.2) is 28.7 Å². The van der Waals surface area contributed by atoms with E-state index in [-0.39, 0.29) is 11.8 Å². The van der Waals surface area contributed by atoms with Gasteiger partial charge < -0.3 is 10.2 Å². The Kier molecular flexibility index (Phi) is 5.84. The third-order valence-electron chi connectivity index (χ3n) is 4.58. The average molecular weight is 373 g/mol. The van der Waals surface area contributed by atoms with E-state index in [4.69, 9.17) is 0 Å². The Hall–Kier alpha value is -3.47. The fraction of sp³-hybridized carbons (Fsp3) is 0.174. The molecular weight excluding hydrogens is 350 g/mol. The van der Waals surface area contributed by atoms with Crippen molar-refractivity contribution in [2.75, 3.05) is 12.4 Å². The quantitative estimate of drug-likeness (QED) is 0.728. The molecule has 0 unspecified atom stereocenters. The highest BCUT2D eigenvalue weighted by Crippen LogP contribution is 2.20. The van der Waals surface area contributed by atoms with Crippen molar-refractivity contribution in [3.63, 3.8) is 0 Å². The first-order chi connectivity index (χ1) is 13.5. The van der Waals surface area contributed by atoms with E-state index in [0.717, 1.165) is 22.4 Å². The predicted octanol–water partition coefficient (Wildman–Crippen LogP) is 4.22. The SMILES string of the molecule is Cc1cccc(C)c1NC(=O)c1cncc(C(=O)N(C)Cc2ccccc2)c1. The number of benzene rings is 2. The fourth-order valence-corrected chi connectivity index (χ4v) is 3.03. The minimum Gasteiger partial charge on any atom is -0.337 e. The number of aromatic nitrogens is 1. The maximum atomic E-state index is 12.7. The van der Waals surface area contributed by atoms with Crippen molar-refractivity contribution in [3.8, 4) is 0 Å². The Labute approximate surface area is 165 Å². The summed E-state index contributed by atoms with van der Waals surface area (Å²) in [6.45, 7) is 4.37. The van der Waals surface area contributed by atoms with Crippen LogP contribution in [0, 0.1) is 13.8 Å². The minimum atomic E-state index is -0.287. The van der Waals surface area contributed by atoms with E-state index >= 15 is 0 Å². The van der Waals surface area contributed by atoms with E-state index < -0.39 is 0 Å². The lowest BCUT2D eigenvalue weighted by molar-refractivity contribution is 0.0784. The van der Waals surface area contributed by atoms with Gasteiger partial charge in [-0.25, -0.2) is 0 Å². The maximum absolute atomic E-state index is 12.7. The van der Waals surface area contributed by atoms with Gasteiger partial charge in [0, 0.05) is 31.7 Å². The van der Waals surface area contributed by atoms with Crippen LogP contribution in [0.3, 0.4) is 0 Å². The second-order valence-electron chi connectivity index (χ2n) is 6.83. The molecule has 0 atom stereocenters. The number of amides is 2. The second-order valence-corrected chi connectivity index (χ2v) is 6.83. The van der Waals surface area contributed by atoms with Crippen molar-refractivity contribution in [2.45, 2.75) is 20.4 Å². The fourth-order valence-electron chi connectivity index (χ4n) is 3.03. The van der Waals surface area contributed by atoms with Crippen LogP contribution < -0.4 is 5.32 Å². The highest BCUT2D eigenvalue weighted by Gasteiger charge is 2.16. The van der Waals surface area contributed by atoms with Gasteiger partial charge in [-0.3, -0.25) is 14.6 Å². The van der Waals surface area contributed by atoms with Crippen LogP contribution in [0.15, 0.2) is 67.0 Å². The van der Waals surface area contributed by atoms with E-state index in [1.807, 2.05) is 62.4 Å². The Balaban J connectivity index is 1.76.